The van der Waals surface area contributed by atoms with Gasteiger partial charge in [0.1, 0.15) is 41.7 Å². The van der Waals surface area contributed by atoms with Gasteiger partial charge in [-0.2, -0.15) is 19.6 Å². The molecule has 28 nitrogen and oxygen atoms in total. The number of nitrogens with one attached hydrogen (secondary N) is 4. The van der Waals surface area contributed by atoms with Crippen molar-refractivity contribution in [1.29, 1.82) is 5.26 Å². The Hall–Kier alpha value is -9.11. The van der Waals surface area contributed by atoms with Crippen LogP contribution < -0.4 is 35.5 Å². The van der Waals surface area contributed by atoms with Crippen LogP contribution in [0.4, 0.5) is 20.5 Å². The number of aromatic amines is 2. The summed E-state index contributed by atoms with van der Waals surface area (Å²) in [5.41, 5.74) is -0.981. The molecule has 5 aromatic heterocycles. The number of methoxy groups -OCH3 is 2. The number of H-pyrrole nitrogens is 2. The molecule has 2 aliphatic rings. The van der Waals surface area contributed by atoms with Gasteiger partial charge in [-0.15, -0.1) is 14.7 Å². The first-order valence-corrected chi connectivity index (χ1v) is 29.9. The summed E-state index contributed by atoms with van der Waals surface area (Å²) in [5.74, 6) is -0.848. The highest BCUT2D eigenvalue weighted by Crippen LogP contribution is 2.50. The van der Waals surface area contributed by atoms with Crippen LogP contribution in [0.2, 0.25) is 0 Å². The van der Waals surface area contributed by atoms with Gasteiger partial charge in [-0.25, -0.2) is 23.7 Å². The second-order valence-corrected chi connectivity index (χ2v) is 21.9. The fourth-order valence-electron chi connectivity index (χ4n) is 9.64. The van der Waals surface area contributed by atoms with E-state index in [1.807, 2.05) is 91.3 Å². The molecular formula is C58H57F2N14O14P2+. The van der Waals surface area contributed by atoms with Gasteiger partial charge in [0.25, 0.3) is 11.5 Å². The van der Waals surface area contributed by atoms with E-state index in [0.717, 1.165) is 15.7 Å². The number of carbonyl (C=O) groups excluding carboxylic acids is 2. The quantitative estimate of drug-likeness (QED) is 0.0327. The molecule has 9 aromatic rings. The minimum Gasteiger partial charge on any atom is -0.566 e. The zero-order valence-electron chi connectivity index (χ0n) is 48.2. The number of rotatable bonds is 24. The van der Waals surface area contributed by atoms with E-state index in [2.05, 4.69) is 56.2 Å². The number of aromatic nitrogens is 11. The van der Waals surface area contributed by atoms with Crippen LogP contribution in [0, 0.1) is 17.2 Å². The van der Waals surface area contributed by atoms with E-state index in [4.69, 9.17) is 41.8 Å². The standard InChI is InChI=1S/C53H51F2N13O14P2.C5H5N/c1-29(2)47(69)61-52-60-46-41(49(71)62-52)64-66-68(46)51-43(81-83(72)73)38(54)36(79-51)27-78-84(77-25-11-24-56)82-42-37(80-50(39(42)55)67-45-40(63-65-67)44(57-28-58-45)59-48(70)30-12-7-5-8-13-30)26-76-53(31-14-9-6-10-15-31,32-16-20-34(74-3)21-17-32)33-18-22-35(75-4)23-19-33;1-2-4-6-5-3-1/h5-10,12-23,28-29,36-39,42-43,50-51H,11,25-27H2,1-4H3,(H,57,58,59,70)(H2,60,61,62,69,71);1-5H/p+1/t36-,37-,38-,39+,42-,43+,50-,51-,84?;/m1./s1. The zero-order valence-corrected chi connectivity index (χ0v) is 50.0. The number of amides is 2. The Kier molecular flexibility index (Phi) is 20.9. The smallest absolute Gasteiger partial charge is 0.489 e. The topological polar surface area (TPSA) is 352 Å². The van der Waals surface area contributed by atoms with Crippen LogP contribution in [0.3, 0.4) is 0 Å². The van der Waals surface area contributed by atoms with Gasteiger partial charge in [0.05, 0.1) is 46.5 Å². The number of fused-ring (bicyclic) bond motifs is 2. The van der Waals surface area contributed by atoms with Crippen LogP contribution in [-0.2, 0) is 47.3 Å². The summed E-state index contributed by atoms with van der Waals surface area (Å²) in [7, 11) is -3.55. The summed E-state index contributed by atoms with van der Waals surface area (Å²) in [5, 5.41) is 30.9. The van der Waals surface area contributed by atoms with Crippen LogP contribution in [0.25, 0.3) is 22.3 Å². The van der Waals surface area contributed by atoms with E-state index in [-0.39, 0.29) is 47.1 Å². The van der Waals surface area contributed by atoms with Crippen molar-refractivity contribution in [3.05, 3.63) is 179 Å². The second-order valence-electron chi connectivity index (χ2n) is 20.0. The Morgan fingerprint density at radius 3 is 1.99 bits per heavy atom. The van der Waals surface area contributed by atoms with Crippen LogP contribution >= 0.6 is 16.9 Å². The number of hydrogen-bond donors (Lipinski definition) is 3. The number of halogens is 2. The average molecular weight is 1270 g/mol. The first kappa shape index (κ1) is 63.9. The van der Waals surface area contributed by atoms with Crippen molar-refractivity contribution in [1.82, 2.24) is 49.9 Å². The van der Waals surface area contributed by atoms with Crippen molar-refractivity contribution >= 4 is 62.8 Å². The van der Waals surface area contributed by atoms with E-state index in [1.165, 1.54) is 14.2 Å². The number of pyridine rings is 1. The molecule has 11 rings (SSSR count). The molecule has 0 aliphatic carbocycles. The number of anilines is 2. The number of benzene rings is 4. The lowest BCUT2D eigenvalue weighted by Crippen LogP contribution is -2.40. The van der Waals surface area contributed by atoms with Crippen molar-refractivity contribution in [3.63, 3.8) is 0 Å². The van der Waals surface area contributed by atoms with Gasteiger partial charge in [-0.05, 0) is 57.7 Å². The number of ether oxygens (including phenoxy) is 5. The Morgan fingerprint density at radius 1 is 0.778 bits per heavy atom. The number of nitriles is 1. The Bertz CT molecular complexity index is 3920. The third-order valence-corrected chi connectivity index (χ3v) is 15.6. The molecule has 10 atom stereocenters. The Labute approximate surface area is 512 Å². The molecule has 0 saturated carbocycles. The Balaban J connectivity index is 0.00000140. The predicted octanol–water partition coefficient (Wildman–Crippen LogP) is 6.56. The summed E-state index contributed by atoms with van der Waals surface area (Å²) >= 11 is 0. The largest absolute Gasteiger partial charge is 0.566 e. The SMILES string of the molecule is COc1ccc(C(OC[C@H]2O[C@@H](n3nnc4c(NC(=O)c5ccccc5)ncnc43)[C@@H](F)[C@@H]2OP(OCCC#N)OC[C@H]2O[C@@H](n3nnc4c(=O)[nH]c(NC(=O)C(C)C)nc43)[C@@H](O[P+](=O)[O-])[C@@H]2F)(c2ccccc2)c2ccc(OC)cc2)cc1.c1cc[nH+]cc1. The Morgan fingerprint density at radius 2 is 1.39 bits per heavy atom. The van der Waals surface area contributed by atoms with Crippen molar-refractivity contribution in [2.45, 2.75) is 75.1 Å². The summed E-state index contributed by atoms with van der Waals surface area (Å²) in [6.07, 6.45) is -10.2. The fourth-order valence-corrected chi connectivity index (χ4v) is 11.2. The molecule has 2 unspecified atom stereocenters. The molecule has 0 radical (unpaired) electrons. The summed E-state index contributed by atoms with van der Waals surface area (Å²) in [6.45, 7) is 1.59. The minimum atomic E-state index is -3.76. The zero-order chi connectivity index (χ0) is 63.3. The van der Waals surface area contributed by atoms with E-state index in [1.54, 1.807) is 68.4 Å². The van der Waals surface area contributed by atoms with Crippen molar-refractivity contribution in [2.75, 3.05) is 44.7 Å². The van der Waals surface area contributed by atoms with Gasteiger partial charge >= 0.3 is 16.9 Å². The van der Waals surface area contributed by atoms with Gasteiger partial charge in [-0.3, -0.25) is 24.7 Å². The minimum absolute atomic E-state index is 0.0264. The average Bonchev–Trinajstić information content (AvgIpc) is 1.19. The highest BCUT2D eigenvalue weighted by molar-refractivity contribution is 7.41. The van der Waals surface area contributed by atoms with Crippen LogP contribution in [0.5, 0.6) is 11.5 Å². The third-order valence-electron chi connectivity index (χ3n) is 14.1. The van der Waals surface area contributed by atoms with Gasteiger partial charge < -0.3 is 47.5 Å². The van der Waals surface area contributed by atoms with E-state index >= 15 is 8.78 Å². The van der Waals surface area contributed by atoms with E-state index < -0.39 is 108 Å². The second kappa shape index (κ2) is 29.5. The van der Waals surface area contributed by atoms with Crippen LogP contribution in [0.1, 0.15) is 59.8 Å². The molecule has 2 fully saturated rings. The highest BCUT2D eigenvalue weighted by Gasteiger charge is 2.54. The van der Waals surface area contributed by atoms with E-state index in [9.17, 15) is 29.1 Å². The normalized spacial score (nSPS) is 20.2. The maximum Gasteiger partial charge on any atom is 0.489 e. The van der Waals surface area contributed by atoms with Gasteiger partial charge in [0.2, 0.25) is 11.9 Å². The number of alkyl halides is 2. The fraction of sp³-hybridized carbons (Fsp3) is 0.310. The van der Waals surface area contributed by atoms with Crippen LogP contribution in [0.15, 0.2) is 151 Å². The van der Waals surface area contributed by atoms with Crippen molar-refractivity contribution in [2.24, 2.45) is 5.92 Å². The lowest BCUT2D eigenvalue weighted by molar-refractivity contribution is -0.378. The molecule has 0 spiro atoms. The molecule has 7 heterocycles. The number of nitrogens with zero attached hydrogens (tertiary/aromatic N) is 10. The molecule has 32 heteroatoms. The monoisotopic (exact) mass is 1270 g/mol. The van der Waals surface area contributed by atoms with Gasteiger partial charge in [0, 0.05) is 23.6 Å². The molecular weight excluding hydrogens is 1220 g/mol. The summed E-state index contributed by atoms with van der Waals surface area (Å²) in [6, 6.07) is 39.6. The molecule has 2 aliphatic heterocycles. The molecule has 2 saturated heterocycles. The highest BCUT2D eigenvalue weighted by atomic mass is 31.2. The van der Waals surface area contributed by atoms with Gasteiger partial charge in [0.15, 0.2) is 71.4 Å². The molecule has 466 valence electrons. The first-order chi connectivity index (χ1) is 43.7. The number of carbonyl (C=O) groups is 2. The number of hydrogen-bond acceptors (Lipinski definition) is 22. The third kappa shape index (κ3) is 14.3. The molecule has 2 amide bonds. The first-order valence-electron chi connectivity index (χ1n) is 27.7. The maximum atomic E-state index is 18.0. The predicted molar refractivity (Wildman–Crippen MR) is 312 cm³/mol. The molecule has 4 aromatic carbocycles. The molecule has 0 bridgehead atoms. The maximum absolute atomic E-state index is 18.0. The lowest BCUT2D eigenvalue weighted by atomic mass is 9.80. The molecule has 4 N–H and O–H groups in total. The summed E-state index contributed by atoms with van der Waals surface area (Å²) in [4.78, 5) is 69.0. The van der Waals surface area contributed by atoms with Crippen LogP contribution in [-0.4, -0.2) is 133 Å². The lowest BCUT2D eigenvalue weighted by Gasteiger charge is -2.37. The summed E-state index contributed by atoms with van der Waals surface area (Å²) < 4.78 is 103. The van der Waals surface area contributed by atoms with E-state index in [0.29, 0.717) is 33.8 Å². The van der Waals surface area contributed by atoms with Crippen molar-refractivity contribution < 1.29 is 74.6 Å². The molecule has 90 heavy (non-hydrogen) atoms. The van der Waals surface area contributed by atoms with Gasteiger partial charge in [-0.1, -0.05) is 103 Å². The van der Waals surface area contributed by atoms with Crippen molar-refractivity contribution in [3.8, 4) is 17.6 Å².